The number of benzene rings is 1. The third-order valence-electron chi connectivity index (χ3n) is 4.48. The molecule has 1 fully saturated rings. The van der Waals surface area contributed by atoms with Crippen LogP contribution in [0.2, 0.25) is 0 Å². The van der Waals surface area contributed by atoms with Crippen molar-refractivity contribution in [2.75, 3.05) is 13.1 Å². The minimum Gasteiger partial charge on any atom is -0.481 e. The number of aryl methyl sites for hydroxylation is 2. The molecule has 5 nitrogen and oxygen atoms in total. The van der Waals surface area contributed by atoms with E-state index in [-0.39, 0.29) is 5.91 Å². The molecule has 21 heavy (non-hydrogen) atoms. The van der Waals surface area contributed by atoms with Crippen LogP contribution in [-0.4, -0.2) is 41.1 Å². The SMILES string of the molecule is Cc1cc2c(cc1C)OC(C(=O)N1CCC(C(=O)O)C1)C2. The van der Waals surface area contributed by atoms with Gasteiger partial charge in [0.25, 0.3) is 5.91 Å². The van der Waals surface area contributed by atoms with E-state index in [2.05, 4.69) is 6.07 Å². The van der Waals surface area contributed by atoms with Crippen molar-refractivity contribution in [3.05, 3.63) is 28.8 Å². The van der Waals surface area contributed by atoms with Crippen molar-refractivity contribution in [3.8, 4) is 5.75 Å². The van der Waals surface area contributed by atoms with Gasteiger partial charge in [-0.15, -0.1) is 0 Å². The lowest BCUT2D eigenvalue weighted by Crippen LogP contribution is -2.40. The Balaban J connectivity index is 1.70. The summed E-state index contributed by atoms with van der Waals surface area (Å²) in [6, 6.07) is 4.05. The molecule has 1 saturated heterocycles. The lowest BCUT2D eigenvalue weighted by atomic mass is 10.0. The normalized spacial score (nSPS) is 23.8. The van der Waals surface area contributed by atoms with Gasteiger partial charge in [-0.1, -0.05) is 6.07 Å². The van der Waals surface area contributed by atoms with Gasteiger partial charge in [0, 0.05) is 19.5 Å². The fraction of sp³-hybridized carbons (Fsp3) is 0.500. The van der Waals surface area contributed by atoms with Gasteiger partial charge in [0.15, 0.2) is 6.10 Å². The van der Waals surface area contributed by atoms with Gasteiger partial charge in [0.2, 0.25) is 0 Å². The Morgan fingerprint density at radius 2 is 2.00 bits per heavy atom. The molecule has 2 unspecified atom stereocenters. The van der Waals surface area contributed by atoms with Crippen molar-refractivity contribution in [1.29, 1.82) is 0 Å². The number of aliphatic carboxylic acids is 1. The Labute approximate surface area is 123 Å². The van der Waals surface area contributed by atoms with Gasteiger partial charge >= 0.3 is 5.97 Å². The monoisotopic (exact) mass is 289 g/mol. The van der Waals surface area contributed by atoms with Crippen molar-refractivity contribution in [1.82, 2.24) is 4.90 Å². The molecule has 0 aromatic heterocycles. The average molecular weight is 289 g/mol. The fourth-order valence-corrected chi connectivity index (χ4v) is 3.02. The number of likely N-dealkylation sites (tertiary alicyclic amines) is 1. The highest BCUT2D eigenvalue weighted by molar-refractivity contribution is 5.84. The zero-order chi connectivity index (χ0) is 15.1. The molecule has 0 bridgehead atoms. The molecule has 2 aliphatic heterocycles. The standard InChI is InChI=1S/C16H19NO4/c1-9-5-12-7-14(21-13(12)6-10(9)2)15(18)17-4-3-11(8-17)16(19)20/h5-6,11,14H,3-4,7-8H2,1-2H3,(H,19,20). The van der Waals surface area contributed by atoms with Crippen LogP contribution in [0.4, 0.5) is 0 Å². The van der Waals surface area contributed by atoms with Gasteiger partial charge in [-0.2, -0.15) is 0 Å². The minimum atomic E-state index is -0.827. The van der Waals surface area contributed by atoms with E-state index < -0.39 is 18.0 Å². The number of amides is 1. The number of hydrogen-bond donors (Lipinski definition) is 1. The second-order valence-electron chi connectivity index (χ2n) is 5.96. The maximum absolute atomic E-state index is 12.5. The summed E-state index contributed by atoms with van der Waals surface area (Å²) in [5, 5.41) is 9.01. The summed E-state index contributed by atoms with van der Waals surface area (Å²) in [6.45, 7) is 4.86. The van der Waals surface area contributed by atoms with E-state index in [1.165, 1.54) is 5.56 Å². The summed E-state index contributed by atoms with van der Waals surface area (Å²) in [5.41, 5.74) is 3.40. The molecular weight excluding hydrogens is 270 g/mol. The maximum Gasteiger partial charge on any atom is 0.308 e. The van der Waals surface area contributed by atoms with Gasteiger partial charge in [-0.25, -0.2) is 0 Å². The van der Waals surface area contributed by atoms with E-state index in [0.717, 1.165) is 16.9 Å². The number of carboxylic acids is 1. The Morgan fingerprint density at radius 3 is 2.67 bits per heavy atom. The molecule has 3 rings (SSSR count). The zero-order valence-electron chi connectivity index (χ0n) is 12.3. The molecule has 2 atom stereocenters. The summed E-state index contributed by atoms with van der Waals surface area (Å²) in [7, 11) is 0. The van der Waals surface area contributed by atoms with Crippen LogP contribution < -0.4 is 4.74 Å². The van der Waals surface area contributed by atoms with Crippen LogP contribution in [0.25, 0.3) is 0 Å². The molecular formula is C16H19NO4. The highest BCUT2D eigenvalue weighted by Crippen LogP contribution is 2.32. The van der Waals surface area contributed by atoms with Crippen LogP contribution in [0, 0.1) is 19.8 Å². The minimum absolute atomic E-state index is 0.0924. The summed E-state index contributed by atoms with van der Waals surface area (Å²) >= 11 is 0. The number of ether oxygens (including phenoxy) is 1. The fourth-order valence-electron chi connectivity index (χ4n) is 3.02. The number of rotatable bonds is 2. The lowest BCUT2D eigenvalue weighted by Gasteiger charge is -2.19. The zero-order valence-corrected chi connectivity index (χ0v) is 12.3. The average Bonchev–Trinajstić information content (AvgIpc) is 3.05. The highest BCUT2D eigenvalue weighted by Gasteiger charge is 2.37. The van der Waals surface area contributed by atoms with Crippen LogP contribution in [-0.2, 0) is 16.0 Å². The van der Waals surface area contributed by atoms with Gasteiger partial charge < -0.3 is 14.7 Å². The second kappa shape index (κ2) is 5.06. The van der Waals surface area contributed by atoms with Gasteiger partial charge in [0.1, 0.15) is 5.75 Å². The van der Waals surface area contributed by atoms with E-state index in [0.29, 0.717) is 25.9 Å². The number of carbonyl (C=O) groups is 2. The number of carbonyl (C=O) groups excluding carboxylic acids is 1. The lowest BCUT2D eigenvalue weighted by molar-refractivity contribution is -0.142. The molecule has 5 heteroatoms. The van der Waals surface area contributed by atoms with Crippen molar-refractivity contribution >= 4 is 11.9 Å². The maximum atomic E-state index is 12.5. The first-order valence-electron chi connectivity index (χ1n) is 7.24. The quantitative estimate of drug-likeness (QED) is 0.897. The summed E-state index contributed by atoms with van der Waals surface area (Å²) in [5.74, 6) is -0.579. The summed E-state index contributed by atoms with van der Waals surface area (Å²) in [4.78, 5) is 25.1. The van der Waals surface area contributed by atoms with Crippen LogP contribution in [0.15, 0.2) is 12.1 Å². The molecule has 2 aliphatic rings. The van der Waals surface area contributed by atoms with Crippen molar-refractivity contribution in [3.63, 3.8) is 0 Å². The van der Waals surface area contributed by atoms with Crippen molar-refractivity contribution in [2.45, 2.75) is 32.8 Å². The van der Waals surface area contributed by atoms with E-state index >= 15 is 0 Å². The number of carboxylic acid groups (broad SMARTS) is 1. The van der Waals surface area contributed by atoms with Crippen molar-refractivity contribution < 1.29 is 19.4 Å². The van der Waals surface area contributed by atoms with Gasteiger partial charge in [-0.05, 0) is 43.0 Å². The molecule has 0 aliphatic carbocycles. The molecule has 0 radical (unpaired) electrons. The highest BCUT2D eigenvalue weighted by atomic mass is 16.5. The Bertz CT molecular complexity index is 580. The summed E-state index contributed by atoms with van der Waals surface area (Å²) in [6.07, 6.45) is 0.594. The predicted molar refractivity (Wildman–Crippen MR) is 76.4 cm³/mol. The molecule has 0 saturated carbocycles. The topological polar surface area (TPSA) is 66.8 Å². The molecule has 1 N–H and O–H groups in total. The van der Waals surface area contributed by atoms with E-state index in [1.807, 2.05) is 19.9 Å². The molecule has 1 aromatic carbocycles. The smallest absolute Gasteiger partial charge is 0.308 e. The second-order valence-corrected chi connectivity index (χ2v) is 5.96. The van der Waals surface area contributed by atoms with E-state index in [9.17, 15) is 9.59 Å². The number of nitrogens with zero attached hydrogens (tertiary/aromatic N) is 1. The van der Waals surface area contributed by atoms with Crippen LogP contribution >= 0.6 is 0 Å². The largest absolute Gasteiger partial charge is 0.481 e. The van der Waals surface area contributed by atoms with E-state index in [4.69, 9.17) is 9.84 Å². The van der Waals surface area contributed by atoms with Gasteiger partial charge in [-0.3, -0.25) is 9.59 Å². The first-order valence-corrected chi connectivity index (χ1v) is 7.24. The number of fused-ring (bicyclic) bond motifs is 1. The van der Waals surface area contributed by atoms with Crippen LogP contribution in [0.5, 0.6) is 5.75 Å². The molecule has 0 spiro atoms. The third-order valence-corrected chi connectivity index (χ3v) is 4.48. The molecule has 2 heterocycles. The van der Waals surface area contributed by atoms with Crippen LogP contribution in [0.1, 0.15) is 23.1 Å². The van der Waals surface area contributed by atoms with Gasteiger partial charge in [0.05, 0.1) is 5.92 Å². The van der Waals surface area contributed by atoms with Crippen LogP contribution in [0.3, 0.4) is 0 Å². The first-order chi connectivity index (χ1) is 9.95. The molecule has 1 aromatic rings. The van der Waals surface area contributed by atoms with Crippen molar-refractivity contribution in [2.24, 2.45) is 5.92 Å². The Morgan fingerprint density at radius 1 is 1.29 bits per heavy atom. The molecule has 1 amide bonds. The Hall–Kier alpha value is -2.04. The predicted octanol–water partition coefficient (Wildman–Crippen LogP) is 1.54. The first kappa shape index (κ1) is 13.9. The third kappa shape index (κ3) is 2.48. The number of hydrogen-bond acceptors (Lipinski definition) is 3. The summed E-state index contributed by atoms with van der Waals surface area (Å²) < 4.78 is 5.77. The Kier molecular flexibility index (Phi) is 3.35. The van der Waals surface area contributed by atoms with E-state index in [1.54, 1.807) is 4.90 Å². The molecule has 112 valence electrons.